The molecule has 0 radical (unpaired) electrons. The van der Waals surface area contributed by atoms with Crippen LogP contribution in [0, 0.1) is 11.3 Å². The molecule has 0 spiro atoms. The summed E-state index contributed by atoms with van der Waals surface area (Å²) in [6.07, 6.45) is -0.713. The molecule has 0 aliphatic carbocycles. The van der Waals surface area contributed by atoms with Crippen molar-refractivity contribution < 1.29 is 5.11 Å². The van der Waals surface area contributed by atoms with Gasteiger partial charge < -0.3 is 10.8 Å². The Hall–Kier alpha value is -1.37. The molecule has 1 aromatic rings. The van der Waals surface area contributed by atoms with Crippen LogP contribution in [0.3, 0.4) is 0 Å². The molecule has 1 atom stereocenters. The van der Waals surface area contributed by atoms with Crippen LogP contribution in [-0.4, -0.2) is 10.6 Å². The number of hydrogen-bond acceptors (Lipinski definition) is 3. The molecule has 14 heavy (non-hydrogen) atoms. The third-order valence-electron chi connectivity index (χ3n) is 2.06. The zero-order valence-electron chi connectivity index (χ0n) is 8.36. The Morgan fingerprint density at radius 2 is 1.86 bits per heavy atom. The Labute approximate surface area is 83.8 Å². The number of aliphatic hydroxyl groups excluding tert-OH is 1. The van der Waals surface area contributed by atoms with E-state index in [4.69, 9.17) is 11.0 Å². The highest BCUT2D eigenvalue weighted by Crippen LogP contribution is 2.23. The molecule has 1 aromatic carbocycles. The summed E-state index contributed by atoms with van der Waals surface area (Å²) in [6.45, 7) is 3.52. The van der Waals surface area contributed by atoms with Gasteiger partial charge in [0.15, 0.2) is 0 Å². The molecule has 0 amide bonds. The van der Waals surface area contributed by atoms with Crippen LogP contribution < -0.4 is 5.73 Å². The predicted molar refractivity (Wildman–Crippen MR) is 54.4 cm³/mol. The van der Waals surface area contributed by atoms with Gasteiger partial charge >= 0.3 is 0 Å². The standard InChI is InChI=1S/C11H14N2O/c1-11(2,13)10(14)9-5-3-8(7-12)4-6-9/h3-6,10,14H,13H2,1-2H3. The van der Waals surface area contributed by atoms with Crippen LogP contribution in [0.1, 0.15) is 31.1 Å². The van der Waals surface area contributed by atoms with Crippen LogP contribution in [0.25, 0.3) is 0 Å². The maximum absolute atomic E-state index is 9.81. The smallest absolute Gasteiger partial charge is 0.0991 e. The van der Waals surface area contributed by atoms with Gasteiger partial charge in [0.05, 0.1) is 17.7 Å². The lowest BCUT2D eigenvalue weighted by atomic mass is 9.92. The summed E-state index contributed by atoms with van der Waals surface area (Å²) < 4.78 is 0. The van der Waals surface area contributed by atoms with E-state index in [9.17, 15) is 5.11 Å². The Kier molecular flexibility index (Phi) is 2.90. The van der Waals surface area contributed by atoms with E-state index in [1.165, 1.54) is 0 Å². The Morgan fingerprint density at radius 1 is 1.36 bits per heavy atom. The molecular formula is C11H14N2O. The van der Waals surface area contributed by atoms with Gasteiger partial charge in [-0.15, -0.1) is 0 Å². The first-order valence-electron chi connectivity index (χ1n) is 4.42. The molecule has 3 N–H and O–H groups in total. The second kappa shape index (κ2) is 3.79. The van der Waals surface area contributed by atoms with Crippen LogP contribution in [0.4, 0.5) is 0 Å². The number of aliphatic hydroxyl groups is 1. The Bertz CT molecular complexity index is 343. The number of nitriles is 1. The lowest BCUT2D eigenvalue weighted by Gasteiger charge is -2.26. The highest BCUT2D eigenvalue weighted by atomic mass is 16.3. The van der Waals surface area contributed by atoms with E-state index in [2.05, 4.69) is 0 Å². The molecule has 0 saturated carbocycles. The second-order valence-corrected chi connectivity index (χ2v) is 3.96. The summed E-state index contributed by atoms with van der Waals surface area (Å²) >= 11 is 0. The van der Waals surface area contributed by atoms with Crippen molar-refractivity contribution in [2.45, 2.75) is 25.5 Å². The fraction of sp³-hybridized carbons (Fsp3) is 0.364. The minimum atomic E-state index is -0.713. The topological polar surface area (TPSA) is 70.0 Å². The van der Waals surface area contributed by atoms with Crippen molar-refractivity contribution in [3.05, 3.63) is 35.4 Å². The summed E-state index contributed by atoms with van der Waals surface area (Å²) in [5.74, 6) is 0. The second-order valence-electron chi connectivity index (χ2n) is 3.96. The van der Waals surface area contributed by atoms with Gasteiger partial charge in [-0.3, -0.25) is 0 Å². The molecule has 0 aromatic heterocycles. The number of rotatable bonds is 2. The maximum atomic E-state index is 9.81. The fourth-order valence-electron chi connectivity index (χ4n) is 1.17. The predicted octanol–water partition coefficient (Wildman–Crippen LogP) is 1.33. The summed E-state index contributed by atoms with van der Waals surface area (Å²) in [7, 11) is 0. The van der Waals surface area contributed by atoms with Gasteiger partial charge in [0.2, 0.25) is 0 Å². The van der Waals surface area contributed by atoms with Gasteiger partial charge in [-0.25, -0.2) is 0 Å². The molecule has 0 aliphatic rings. The number of nitrogens with two attached hydrogens (primary N) is 1. The van der Waals surface area contributed by atoms with E-state index < -0.39 is 11.6 Å². The minimum absolute atomic E-state index is 0.579. The first-order valence-corrected chi connectivity index (χ1v) is 4.42. The lowest BCUT2D eigenvalue weighted by Crippen LogP contribution is -2.39. The minimum Gasteiger partial charge on any atom is -0.387 e. The summed E-state index contributed by atoms with van der Waals surface area (Å²) in [5, 5.41) is 18.4. The molecule has 0 heterocycles. The van der Waals surface area contributed by atoms with E-state index in [0.29, 0.717) is 5.56 Å². The van der Waals surface area contributed by atoms with Crippen LogP contribution >= 0.6 is 0 Å². The summed E-state index contributed by atoms with van der Waals surface area (Å²) in [4.78, 5) is 0. The van der Waals surface area contributed by atoms with Crippen molar-refractivity contribution >= 4 is 0 Å². The number of nitrogens with zero attached hydrogens (tertiary/aromatic N) is 1. The Morgan fingerprint density at radius 3 is 2.21 bits per heavy atom. The normalized spacial score (nSPS) is 13.4. The Balaban J connectivity index is 2.94. The molecule has 3 heteroatoms. The molecule has 0 saturated heterocycles. The van der Waals surface area contributed by atoms with Gasteiger partial charge in [-0.05, 0) is 31.5 Å². The summed E-state index contributed by atoms with van der Waals surface area (Å²) in [5.41, 5.74) is 6.41. The van der Waals surface area contributed by atoms with Crippen molar-refractivity contribution in [1.82, 2.24) is 0 Å². The van der Waals surface area contributed by atoms with E-state index in [-0.39, 0.29) is 0 Å². The zero-order valence-corrected chi connectivity index (χ0v) is 8.36. The van der Waals surface area contributed by atoms with Crippen molar-refractivity contribution in [3.8, 4) is 6.07 Å². The third kappa shape index (κ3) is 2.32. The number of hydrogen-bond donors (Lipinski definition) is 2. The van der Waals surface area contributed by atoms with E-state index in [1.54, 1.807) is 38.1 Å². The summed E-state index contributed by atoms with van der Waals surface area (Å²) in [6, 6.07) is 8.80. The SMILES string of the molecule is CC(C)(N)C(O)c1ccc(C#N)cc1. The monoisotopic (exact) mass is 190 g/mol. The average Bonchev–Trinajstić information content (AvgIpc) is 2.15. The van der Waals surface area contributed by atoms with Crippen LogP contribution in [-0.2, 0) is 0 Å². The highest BCUT2D eigenvalue weighted by molar-refractivity contribution is 5.33. The molecular weight excluding hydrogens is 176 g/mol. The van der Waals surface area contributed by atoms with Crippen molar-refractivity contribution in [1.29, 1.82) is 5.26 Å². The van der Waals surface area contributed by atoms with Gasteiger partial charge in [0, 0.05) is 5.54 Å². The third-order valence-corrected chi connectivity index (χ3v) is 2.06. The number of benzene rings is 1. The van der Waals surface area contributed by atoms with E-state index in [0.717, 1.165) is 5.56 Å². The van der Waals surface area contributed by atoms with Gasteiger partial charge in [-0.1, -0.05) is 12.1 Å². The first kappa shape index (κ1) is 10.7. The van der Waals surface area contributed by atoms with Gasteiger partial charge in [0.1, 0.15) is 0 Å². The molecule has 74 valence electrons. The molecule has 0 fully saturated rings. The quantitative estimate of drug-likeness (QED) is 0.739. The molecule has 1 unspecified atom stereocenters. The molecule has 0 aliphatic heterocycles. The highest BCUT2D eigenvalue weighted by Gasteiger charge is 2.23. The van der Waals surface area contributed by atoms with E-state index >= 15 is 0 Å². The molecule has 1 rings (SSSR count). The van der Waals surface area contributed by atoms with Gasteiger partial charge in [-0.2, -0.15) is 5.26 Å². The van der Waals surface area contributed by atoms with Crippen molar-refractivity contribution in [3.63, 3.8) is 0 Å². The van der Waals surface area contributed by atoms with Gasteiger partial charge in [0.25, 0.3) is 0 Å². The van der Waals surface area contributed by atoms with Crippen LogP contribution in [0.15, 0.2) is 24.3 Å². The largest absolute Gasteiger partial charge is 0.387 e. The fourth-order valence-corrected chi connectivity index (χ4v) is 1.17. The van der Waals surface area contributed by atoms with Crippen LogP contribution in [0.5, 0.6) is 0 Å². The van der Waals surface area contributed by atoms with Crippen molar-refractivity contribution in [2.24, 2.45) is 5.73 Å². The van der Waals surface area contributed by atoms with Crippen LogP contribution in [0.2, 0.25) is 0 Å². The zero-order chi connectivity index (χ0) is 10.8. The lowest BCUT2D eigenvalue weighted by molar-refractivity contribution is 0.104. The first-order chi connectivity index (χ1) is 6.45. The molecule has 3 nitrogen and oxygen atoms in total. The average molecular weight is 190 g/mol. The molecule has 0 bridgehead atoms. The van der Waals surface area contributed by atoms with Crippen molar-refractivity contribution in [2.75, 3.05) is 0 Å². The van der Waals surface area contributed by atoms with E-state index in [1.807, 2.05) is 6.07 Å². The maximum Gasteiger partial charge on any atom is 0.0991 e.